The molecule has 1 N–H and O–H groups in total. The molecule has 13 heavy (non-hydrogen) atoms. The van der Waals surface area contributed by atoms with Crippen LogP contribution in [0.15, 0.2) is 0 Å². The van der Waals surface area contributed by atoms with Crippen molar-refractivity contribution in [2.75, 3.05) is 0 Å². The van der Waals surface area contributed by atoms with Crippen LogP contribution in [-0.4, -0.2) is 14.9 Å². The lowest BCUT2D eigenvalue weighted by Gasteiger charge is -2.18. The number of rotatable bonds is 1. The second-order valence-corrected chi connectivity index (χ2v) is 4.37. The molecule has 0 aliphatic carbocycles. The third kappa shape index (κ3) is 1.69. The van der Waals surface area contributed by atoms with Crippen molar-refractivity contribution in [2.24, 2.45) is 7.05 Å². The molecule has 0 aliphatic rings. The first-order valence-electron chi connectivity index (χ1n) is 4.63. The van der Waals surface area contributed by atoms with Crippen molar-refractivity contribution in [1.82, 2.24) is 9.78 Å². The number of aromatic hydroxyl groups is 1. The van der Waals surface area contributed by atoms with Crippen LogP contribution in [0.3, 0.4) is 0 Å². The molecule has 1 heterocycles. The predicted molar refractivity (Wildman–Crippen MR) is 53.0 cm³/mol. The van der Waals surface area contributed by atoms with E-state index in [2.05, 4.69) is 32.8 Å². The Bertz CT molecular complexity index is 307. The Kier molecular flexibility index (Phi) is 2.37. The summed E-state index contributed by atoms with van der Waals surface area (Å²) in [7, 11) is 1.77. The molecule has 1 aromatic rings. The van der Waals surface area contributed by atoms with E-state index in [0.717, 1.165) is 17.7 Å². The molecular weight excluding hydrogens is 164 g/mol. The number of hydrogen-bond donors (Lipinski definition) is 1. The van der Waals surface area contributed by atoms with Gasteiger partial charge in [0.15, 0.2) is 0 Å². The van der Waals surface area contributed by atoms with Gasteiger partial charge in [0.05, 0.1) is 5.69 Å². The van der Waals surface area contributed by atoms with Crippen LogP contribution < -0.4 is 0 Å². The summed E-state index contributed by atoms with van der Waals surface area (Å²) in [6, 6.07) is 0. The molecule has 0 aliphatic heterocycles. The summed E-state index contributed by atoms with van der Waals surface area (Å²) >= 11 is 0. The Morgan fingerprint density at radius 1 is 1.38 bits per heavy atom. The Morgan fingerprint density at radius 2 is 1.92 bits per heavy atom. The minimum absolute atomic E-state index is 0.0380. The molecule has 0 spiro atoms. The zero-order valence-electron chi connectivity index (χ0n) is 9.05. The van der Waals surface area contributed by atoms with E-state index >= 15 is 0 Å². The summed E-state index contributed by atoms with van der Waals surface area (Å²) < 4.78 is 1.54. The van der Waals surface area contributed by atoms with E-state index in [1.807, 2.05) is 0 Å². The normalized spacial score (nSPS) is 12.1. The van der Waals surface area contributed by atoms with Gasteiger partial charge in [-0.1, -0.05) is 27.7 Å². The molecule has 0 atom stereocenters. The summed E-state index contributed by atoms with van der Waals surface area (Å²) in [6.45, 7) is 8.31. The third-order valence-electron chi connectivity index (χ3n) is 2.17. The van der Waals surface area contributed by atoms with E-state index in [0.29, 0.717) is 5.88 Å². The average molecular weight is 182 g/mol. The van der Waals surface area contributed by atoms with Crippen molar-refractivity contribution in [3.63, 3.8) is 0 Å². The SMILES string of the molecule is CCc1nn(C)c(O)c1C(C)(C)C. The second-order valence-electron chi connectivity index (χ2n) is 4.37. The van der Waals surface area contributed by atoms with Gasteiger partial charge in [-0.2, -0.15) is 5.10 Å². The van der Waals surface area contributed by atoms with Gasteiger partial charge in [-0.3, -0.25) is 0 Å². The van der Waals surface area contributed by atoms with Crippen molar-refractivity contribution in [1.29, 1.82) is 0 Å². The largest absolute Gasteiger partial charge is 0.493 e. The van der Waals surface area contributed by atoms with E-state index in [1.165, 1.54) is 0 Å². The van der Waals surface area contributed by atoms with Gasteiger partial charge in [-0.25, -0.2) is 4.68 Å². The zero-order valence-corrected chi connectivity index (χ0v) is 9.05. The highest BCUT2D eigenvalue weighted by Gasteiger charge is 2.25. The molecule has 3 heteroatoms. The Labute approximate surface area is 79.4 Å². The van der Waals surface area contributed by atoms with Gasteiger partial charge in [0.2, 0.25) is 5.88 Å². The Morgan fingerprint density at radius 3 is 2.23 bits per heavy atom. The zero-order chi connectivity index (χ0) is 10.2. The molecular formula is C10H18N2O. The molecule has 0 amide bonds. The van der Waals surface area contributed by atoms with Crippen molar-refractivity contribution >= 4 is 0 Å². The first-order chi connectivity index (χ1) is 5.88. The monoisotopic (exact) mass is 182 g/mol. The van der Waals surface area contributed by atoms with E-state index < -0.39 is 0 Å². The first kappa shape index (κ1) is 10.1. The van der Waals surface area contributed by atoms with Crippen molar-refractivity contribution in [3.8, 4) is 5.88 Å². The van der Waals surface area contributed by atoms with Crippen LogP contribution in [0.2, 0.25) is 0 Å². The minimum atomic E-state index is -0.0380. The molecule has 1 rings (SSSR count). The van der Waals surface area contributed by atoms with Gasteiger partial charge in [-0.05, 0) is 11.8 Å². The highest BCUT2D eigenvalue weighted by atomic mass is 16.3. The molecule has 0 bridgehead atoms. The average Bonchev–Trinajstić information content (AvgIpc) is 2.26. The van der Waals surface area contributed by atoms with E-state index in [4.69, 9.17) is 0 Å². The van der Waals surface area contributed by atoms with Crippen molar-refractivity contribution < 1.29 is 5.11 Å². The summed E-state index contributed by atoms with van der Waals surface area (Å²) in [4.78, 5) is 0. The van der Waals surface area contributed by atoms with Crippen LogP contribution in [-0.2, 0) is 18.9 Å². The highest BCUT2D eigenvalue weighted by molar-refractivity contribution is 5.36. The van der Waals surface area contributed by atoms with Gasteiger partial charge < -0.3 is 5.11 Å². The molecule has 3 nitrogen and oxygen atoms in total. The third-order valence-corrected chi connectivity index (χ3v) is 2.17. The molecule has 0 saturated heterocycles. The Hall–Kier alpha value is -0.990. The van der Waals surface area contributed by atoms with Crippen molar-refractivity contribution in [2.45, 2.75) is 39.5 Å². The Balaban J connectivity index is 3.33. The molecule has 0 aromatic carbocycles. The van der Waals surface area contributed by atoms with Crippen LogP contribution in [0.1, 0.15) is 39.0 Å². The summed E-state index contributed by atoms with van der Waals surface area (Å²) in [5.74, 6) is 0.296. The van der Waals surface area contributed by atoms with Gasteiger partial charge in [0, 0.05) is 12.6 Å². The second kappa shape index (κ2) is 3.05. The van der Waals surface area contributed by atoms with Crippen LogP contribution in [0.5, 0.6) is 5.88 Å². The first-order valence-corrected chi connectivity index (χ1v) is 4.63. The van der Waals surface area contributed by atoms with E-state index in [-0.39, 0.29) is 5.41 Å². The maximum Gasteiger partial charge on any atom is 0.213 e. The van der Waals surface area contributed by atoms with Crippen LogP contribution in [0.4, 0.5) is 0 Å². The van der Waals surface area contributed by atoms with Gasteiger partial charge in [-0.15, -0.1) is 0 Å². The molecule has 1 aromatic heterocycles. The summed E-state index contributed by atoms with van der Waals surface area (Å²) in [5.41, 5.74) is 1.92. The minimum Gasteiger partial charge on any atom is -0.493 e. The highest BCUT2D eigenvalue weighted by Crippen LogP contribution is 2.33. The number of hydrogen-bond acceptors (Lipinski definition) is 2. The molecule has 0 unspecified atom stereocenters. The number of aryl methyl sites for hydroxylation is 2. The van der Waals surface area contributed by atoms with Crippen LogP contribution in [0.25, 0.3) is 0 Å². The fraction of sp³-hybridized carbons (Fsp3) is 0.700. The molecule has 0 radical (unpaired) electrons. The summed E-state index contributed by atoms with van der Waals surface area (Å²) in [6.07, 6.45) is 0.862. The molecule has 0 saturated carbocycles. The van der Waals surface area contributed by atoms with E-state index in [1.54, 1.807) is 11.7 Å². The van der Waals surface area contributed by atoms with Crippen LogP contribution >= 0.6 is 0 Å². The quantitative estimate of drug-likeness (QED) is 0.721. The fourth-order valence-corrected chi connectivity index (χ4v) is 1.59. The maximum atomic E-state index is 9.79. The fourth-order valence-electron chi connectivity index (χ4n) is 1.59. The lowest BCUT2D eigenvalue weighted by molar-refractivity contribution is 0.401. The van der Waals surface area contributed by atoms with Gasteiger partial charge >= 0.3 is 0 Å². The molecule has 74 valence electrons. The predicted octanol–water partition coefficient (Wildman–Crippen LogP) is 1.99. The number of nitrogens with zero attached hydrogens (tertiary/aromatic N) is 2. The standard InChI is InChI=1S/C10H18N2O/c1-6-7-8(10(2,3)4)9(13)12(5)11-7/h13H,6H2,1-5H3. The van der Waals surface area contributed by atoms with Crippen LogP contribution in [0, 0.1) is 0 Å². The van der Waals surface area contributed by atoms with E-state index in [9.17, 15) is 5.11 Å². The topological polar surface area (TPSA) is 38.0 Å². The van der Waals surface area contributed by atoms with Gasteiger partial charge in [0.1, 0.15) is 0 Å². The molecule has 0 fully saturated rings. The number of aromatic nitrogens is 2. The lowest BCUT2D eigenvalue weighted by atomic mass is 9.86. The lowest BCUT2D eigenvalue weighted by Crippen LogP contribution is -2.12. The summed E-state index contributed by atoms with van der Waals surface area (Å²) in [5, 5.41) is 14.0. The maximum absolute atomic E-state index is 9.79. The van der Waals surface area contributed by atoms with Crippen molar-refractivity contribution in [3.05, 3.63) is 11.3 Å². The van der Waals surface area contributed by atoms with Gasteiger partial charge in [0.25, 0.3) is 0 Å². The smallest absolute Gasteiger partial charge is 0.213 e.